The Labute approximate surface area is 165 Å². The molecule has 0 radical (unpaired) electrons. The highest BCUT2D eigenvalue weighted by Gasteiger charge is 2.22. The number of methoxy groups -OCH3 is 2. The number of halogens is 2. The summed E-state index contributed by atoms with van der Waals surface area (Å²) in [5.74, 6) is 0.146. The fourth-order valence-corrected chi connectivity index (χ4v) is 2.91. The lowest BCUT2D eigenvalue weighted by Crippen LogP contribution is -1.98. The topological polar surface area (TPSA) is 58.9 Å². The van der Waals surface area contributed by atoms with Crippen molar-refractivity contribution in [3.8, 4) is 23.0 Å². The highest BCUT2D eigenvalue weighted by atomic mass is 19.3. The van der Waals surface area contributed by atoms with Crippen LogP contribution in [0.2, 0.25) is 0 Å². The van der Waals surface area contributed by atoms with Gasteiger partial charge in [-0.2, -0.15) is 8.78 Å². The molecule has 1 aromatic carbocycles. The minimum Gasteiger partial charge on any atom is -0.504 e. The molecular weight excluding hydrogens is 366 g/mol. The lowest BCUT2D eigenvalue weighted by atomic mass is 9.99. The van der Waals surface area contributed by atoms with Gasteiger partial charge < -0.3 is 19.7 Å². The van der Waals surface area contributed by atoms with Crippen molar-refractivity contribution in [1.82, 2.24) is 0 Å². The number of benzene rings is 1. The van der Waals surface area contributed by atoms with Gasteiger partial charge in [0.1, 0.15) is 0 Å². The minimum atomic E-state index is -1.63. The molecule has 0 atom stereocenters. The summed E-state index contributed by atoms with van der Waals surface area (Å²) in [6, 6.07) is 0. The number of allylic oxidation sites excluding steroid dienone is 5. The van der Waals surface area contributed by atoms with Crippen LogP contribution in [0.3, 0.4) is 0 Å². The third kappa shape index (κ3) is 6.59. The molecule has 156 valence electrons. The summed E-state index contributed by atoms with van der Waals surface area (Å²) in [6.07, 6.45) is 6.42. The molecule has 0 heterocycles. The first-order chi connectivity index (χ1) is 13.2. The normalized spacial score (nSPS) is 12.1. The van der Waals surface area contributed by atoms with Crippen LogP contribution in [0.4, 0.5) is 8.78 Å². The predicted molar refractivity (Wildman–Crippen MR) is 108 cm³/mol. The third-order valence-electron chi connectivity index (χ3n) is 4.66. The molecule has 0 saturated carbocycles. The monoisotopic (exact) mass is 396 g/mol. The first kappa shape index (κ1) is 23.5. The first-order valence-electron chi connectivity index (χ1n) is 9.20. The summed E-state index contributed by atoms with van der Waals surface area (Å²) in [6.45, 7) is 5.66. The van der Waals surface area contributed by atoms with Gasteiger partial charge in [0.15, 0.2) is 11.5 Å². The number of phenols is 2. The van der Waals surface area contributed by atoms with Crippen molar-refractivity contribution in [2.24, 2.45) is 0 Å². The molecule has 0 amide bonds. The van der Waals surface area contributed by atoms with Crippen LogP contribution in [0.1, 0.15) is 50.7 Å². The zero-order chi connectivity index (χ0) is 21.3. The Kier molecular flexibility index (Phi) is 9.56. The SMILES string of the molecule is COc1c(O)c(C)c(C/C=C(\C)CC/C=C(\C)CCC=C(F)F)c(O)c1OC. The van der Waals surface area contributed by atoms with Gasteiger partial charge in [0.25, 0.3) is 6.08 Å². The van der Waals surface area contributed by atoms with Gasteiger partial charge in [-0.1, -0.05) is 23.3 Å². The Morgan fingerprint density at radius 2 is 1.36 bits per heavy atom. The number of rotatable bonds is 10. The van der Waals surface area contributed by atoms with E-state index in [-0.39, 0.29) is 23.0 Å². The molecule has 0 aliphatic carbocycles. The highest BCUT2D eigenvalue weighted by Crippen LogP contribution is 2.48. The van der Waals surface area contributed by atoms with Gasteiger partial charge >= 0.3 is 0 Å². The van der Waals surface area contributed by atoms with Crippen LogP contribution in [-0.4, -0.2) is 24.4 Å². The van der Waals surface area contributed by atoms with Crippen molar-refractivity contribution in [2.45, 2.75) is 52.9 Å². The molecule has 28 heavy (non-hydrogen) atoms. The van der Waals surface area contributed by atoms with Gasteiger partial charge in [-0.05, 0) is 59.0 Å². The van der Waals surface area contributed by atoms with E-state index >= 15 is 0 Å². The summed E-state index contributed by atoms with van der Waals surface area (Å²) < 4.78 is 34.3. The highest BCUT2D eigenvalue weighted by molar-refractivity contribution is 5.66. The molecule has 4 nitrogen and oxygen atoms in total. The first-order valence-corrected chi connectivity index (χ1v) is 9.20. The van der Waals surface area contributed by atoms with E-state index in [1.54, 1.807) is 6.92 Å². The number of aromatic hydroxyl groups is 2. The quantitative estimate of drug-likeness (QED) is 0.365. The second-order valence-electron chi connectivity index (χ2n) is 6.74. The lowest BCUT2D eigenvalue weighted by Gasteiger charge is -2.17. The Morgan fingerprint density at radius 3 is 1.89 bits per heavy atom. The van der Waals surface area contributed by atoms with Gasteiger partial charge in [0.05, 0.1) is 14.2 Å². The number of ether oxygens (including phenoxy) is 2. The van der Waals surface area contributed by atoms with Crippen LogP contribution < -0.4 is 9.47 Å². The van der Waals surface area contributed by atoms with E-state index in [4.69, 9.17) is 9.47 Å². The number of hydrogen-bond donors (Lipinski definition) is 2. The summed E-state index contributed by atoms with van der Waals surface area (Å²) in [7, 11) is 2.81. The fraction of sp³-hybridized carbons (Fsp3) is 0.455. The molecule has 0 saturated heterocycles. The Bertz CT molecular complexity index is 761. The second-order valence-corrected chi connectivity index (χ2v) is 6.74. The van der Waals surface area contributed by atoms with Crippen molar-refractivity contribution in [1.29, 1.82) is 0 Å². The summed E-state index contributed by atoms with van der Waals surface area (Å²) >= 11 is 0. The van der Waals surface area contributed by atoms with Crippen molar-refractivity contribution in [3.05, 3.63) is 46.6 Å². The Balaban J connectivity index is 2.78. The van der Waals surface area contributed by atoms with E-state index in [2.05, 4.69) is 6.08 Å². The molecule has 6 heteroatoms. The molecule has 0 fully saturated rings. The van der Waals surface area contributed by atoms with Crippen LogP contribution in [0, 0.1) is 6.92 Å². The molecule has 0 unspecified atom stereocenters. The van der Waals surface area contributed by atoms with Crippen LogP contribution in [0.5, 0.6) is 23.0 Å². The maximum absolute atomic E-state index is 12.0. The fourth-order valence-electron chi connectivity index (χ4n) is 2.91. The minimum absolute atomic E-state index is 0.0393. The van der Waals surface area contributed by atoms with Crippen LogP contribution in [0.25, 0.3) is 0 Å². The van der Waals surface area contributed by atoms with E-state index in [0.29, 0.717) is 30.4 Å². The molecule has 0 bridgehead atoms. The number of phenolic OH excluding ortho intramolecular Hbond substituents is 2. The molecule has 1 rings (SSSR count). The van der Waals surface area contributed by atoms with Gasteiger partial charge in [0.2, 0.25) is 11.5 Å². The zero-order valence-electron chi connectivity index (χ0n) is 17.2. The average molecular weight is 396 g/mol. The Hall–Kier alpha value is -2.50. The largest absolute Gasteiger partial charge is 0.504 e. The van der Waals surface area contributed by atoms with Gasteiger partial charge in [-0.15, -0.1) is 0 Å². The molecule has 1 aromatic rings. The molecule has 2 N–H and O–H groups in total. The second kappa shape index (κ2) is 11.4. The zero-order valence-corrected chi connectivity index (χ0v) is 17.2. The van der Waals surface area contributed by atoms with E-state index in [1.807, 2.05) is 19.9 Å². The number of hydrogen-bond acceptors (Lipinski definition) is 4. The van der Waals surface area contributed by atoms with E-state index in [0.717, 1.165) is 30.1 Å². The van der Waals surface area contributed by atoms with Crippen molar-refractivity contribution in [3.63, 3.8) is 0 Å². The maximum atomic E-state index is 12.0. The third-order valence-corrected chi connectivity index (χ3v) is 4.66. The van der Waals surface area contributed by atoms with Crippen LogP contribution in [0.15, 0.2) is 35.5 Å². The average Bonchev–Trinajstić information content (AvgIpc) is 2.64. The summed E-state index contributed by atoms with van der Waals surface area (Å²) in [4.78, 5) is 0. The molecule has 0 aliphatic rings. The van der Waals surface area contributed by atoms with Crippen molar-refractivity contribution >= 4 is 0 Å². The van der Waals surface area contributed by atoms with E-state index < -0.39 is 6.08 Å². The summed E-state index contributed by atoms with van der Waals surface area (Å²) in [5.41, 5.74) is 3.35. The summed E-state index contributed by atoms with van der Waals surface area (Å²) in [5, 5.41) is 20.8. The van der Waals surface area contributed by atoms with Crippen LogP contribution >= 0.6 is 0 Å². The van der Waals surface area contributed by atoms with Gasteiger partial charge in [-0.3, -0.25) is 0 Å². The molecule has 0 aliphatic heterocycles. The Morgan fingerprint density at radius 1 is 0.857 bits per heavy atom. The van der Waals surface area contributed by atoms with Crippen LogP contribution in [-0.2, 0) is 6.42 Å². The predicted octanol–water partition coefficient (Wildman–Crippen LogP) is 6.20. The van der Waals surface area contributed by atoms with Crippen molar-refractivity contribution < 1.29 is 28.5 Å². The van der Waals surface area contributed by atoms with Gasteiger partial charge in [0, 0.05) is 11.1 Å². The molecule has 0 spiro atoms. The smallest absolute Gasteiger partial charge is 0.266 e. The van der Waals surface area contributed by atoms with E-state index in [9.17, 15) is 19.0 Å². The van der Waals surface area contributed by atoms with Crippen molar-refractivity contribution in [2.75, 3.05) is 14.2 Å². The molecule has 0 aromatic heterocycles. The lowest BCUT2D eigenvalue weighted by molar-refractivity contribution is 0.314. The van der Waals surface area contributed by atoms with E-state index in [1.165, 1.54) is 14.2 Å². The maximum Gasteiger partial charge on any atom is 0.266 e. The standard InChI is InChI=1S/C22H30F2O4/c1-14(10-7-11-18(23)24)8-6-9-15(2)12-13-17-16(3)19(25)21(27-4)22(28-5)20(17)26/h8,11-12,25-26H,6-7,9-10,13H2,1-5H3/b14-8+,15-12+. The van der Waals surface area contributed by atoms with Gasteiger partial charge in [-0.25, -0.2) is 0 Å². The molecular formula is C22H30F2O4.